The van der Waals surface area contributed by atoms with Crippen LogP contribution in [0.4, 0.5) is 0 Å². The molecule has 106 valence electrons. The number of nitrogens with zero attached hydrogens (tertiary/aromatic N) is 1. The van der Waals surface area contributed by atoms with E-state index in [2.05, 4.69) is 53.7 Å². The smallest absolute Gasteiger partial charge is 0.0236 e. The van der Waals surface area contributed by atoms with Crippen molar-refractivity contribution in [2.75, 3.05) is 31.6 Å². The van der Waals surface area contributed by atoms with Crippen molar-refractivity contribution in [2.45, 2.75) is 31.8 Å². The molecule has 0 bridgehead atoms. The van der Waals surface area contributed by atoms with Crippen LogP contribution in [0, 0.1) is 0 Å². The third-order valence-electron chi connectivity index (χ3n) is 3.99. The first-order valence-electron chi connectivity index (χ1n) is 7.33. The molecule has 1 aliphatic heterocycles. The molecule has 0 aliphatic carbocycles. The molecule has 0 saturated carbocycles. The Morgan fingerprint density at radius 2 is 2.11 bits per heavy atom. The van der Waals surface area contributed by atoms with E-state index in [0.717, 1.165) is 19.0 Å². The first-order chi connectivity index (χ1) is 9.33. The zero-order chi connectivity index (χ0) is 13.5. The highest BCUT2D eigenvalue weighted by atomic mass is 32.2. The Bertz CT molecular complexity index is 355. The van der Waals surface area contributed by atoms with Crippen LogP contribution in [0.3, 0.4) is 0 Å². The summed E-state index contributed by atoms with van der Waals surface area (Å²) in [5.41, 5.74) is 1.44. The zero-order valence-electron chi connectivity index (χ0n) is 12.1. The normalized spacial score (nSPS) is 24.5. The van der Waals surface area contributed by atoms with E-state index in [0.29, 0.717) is 6.04 Å². The Kier molecular flexibility index (Phi) is 6.21. The number of nitrogens with one attached hydrogen (secondary N) is 1. The molecule has 1 aromatic carbocycles. The van der Waals surface area contributed by atoms with Gasteiger partial charge in [0.15, 0.2) is 0 Å². The van der Waals surface area contributed by atoms with Gasteiger partial charge in [0.1, 0.15) is 0 Å². The lowest BCUT2D eigenvalue weighted by Gasteiger charge is -2.40. The van der Waals surface area contributed by atoms with Crippen molar-refractivity contribution in [1.82, 2.24) is 10.2 Å². The van der Waals surface area contributed by atoms with Crippen molar-refractivity contribution in [3.8, 4) is 0 Å². The summed E-state index contributed by atoms with van der Waals surface area (Å²) in [5.74, 6) is 1.24. The molecule has 1 fully saturated rings. The van der Waals surface area contributed by atoms with Gasteiger partial charge in [0.25, 0.3) is 0 Å². The van der Waals surface area contributed by atoms with Crippen LogP contribution < -0.4 is 5.32 Å². The van der Waals surface area contributed by atoms with E-state index in [9.17, 15) is 0 Å². The summed E-state index contributed by atoms with van der Waals surface area (Å²) in [6, 6.07) is 12.2. The highest BCUT2D eigenvalue weighted by Gasteiger charge is 2.26. The van der Waals surface area contributed by atoms with Gasteiger partial charge < -0.3 is 5.32 Å². The highest BCUT2D eigenvalue weighted by molar-refractivity contribution is 7.98. The monoisotopic (exact) mass is 278 g/mol. The fraction of sp³-hybridized carbons (Fsp3) is 0.625. The molecule has 1 N–H and O–H groups in total. The first-order valence-corrected chi connectivity index (χ1v) is 8.73. The summed E-state index contributed by atoms with van der Waals surface area (Å²) in [7, 11) is 0. The lowest BCUT2D eigenvalue weighted by Crippen LogP contribution is -2.57. The third-order valence-corrected chi connectivity index (χ3v) is 4.58. The van der Waals surface area contributed by atoms with E-state index < -0.39 is 0 Å². The van der Waals surface area contributed by atoms with E-state index in [1.807, 2.05) is 11.8 Å². The molecule has 0 amide bonds. The molecular weight excluding hydrogens is 252 g/mol. The number of piperazine rings is 1. The quantitative estimate of drug-likeness (QED) is 0.861. The second-order valence-electron chi connectivity index (χ2n) is 5.34. The lowest BCUT2D eigenvalue weighted by atomic mass is 10.0. The second kappa shape index (κ2) is 7.93. The van der Waals surface area contributed by atoms with Crippen LogP contribution in [-0.2, 0) is 6.42 Å². The van der Waals surface area contributed by atoms with Gasteiger partial charge in [-0.2, -0.15) is 11.8 Å². The maximum Gasteiger partial charge on any atom is 0.0236 e. The van der Waals surface area contributed by atoms with Crippen molar-refractivity contribution in [2.24, 2.45) is 0 Å². The van der Waals surface area contributed by atoms with Crippen LogP contribution in [0.15, 0.2) is 30.3 Å². The molecule has 1 aliphatic rings. The molecule has 0 radical (unpaired) electrons. The number of hydrogen-bond acceptors (Lipinski definition) is 3. The maximum absolute atomic E-state index is 3.73. The molecule has 2 rings (SSSR count). The largest absolute Gasteiger partial charge is 0.311 e. The number of hydrogen-bond donors (Lipinski definition) is 1. The summed E-state index contributed by atoms with van der Waals surface area (Å²) in [6.45, 7) is 5.86. The molecule has 2 unspecified atom stereocenters. The van der Waals surface area contributed by atoms with Gasteiger partial charge in [-0.15, -0.1) is 0 Å². The number of thioether (sulfide) groups is 1. The molecule has 1 saturated heterocycles. The average Bonchev–Trinajstić information content (AvgIpc) is 2.46. The Balaban J connectivity index is 1.89. The van der Waals surface area contributed by atoms with Gasteiger partial charge in [-0.1, -0.05) is 37.3 Å². The minimum atomic E-state index is 0.604. The van der Waals surface area contributed by atoms with Crippen molar-refractivity contribution in [1.29, 1.82) is 0 Å². The summed E-state index contributed by atoms with van der Waals surface area (Å²) in [4.78, 5) is 2.68. The fourth-order valence-corrected chi connectivity index (χ4v) is 3.27. The molecule has 1 heterocycles. The molecule has 3 heteroatoms. The van der Waals surface area contributed by atoms with Crippen LogP contribution in [0.2, 0.25) is 0 Å². The van der Waals surface area contributed by atoms with E-state index in [1.54, 1.807) is 0 Å². The average molecular weight is 278 g/mol. The van der Waals surface area contributed by atoms with E-state index in [1.165, 1.54) is 30.8 Å². The minimum absolute atomic E-state index is 0.604. The highest BCUT2D eigenvalue weighted by Crippen LogP contribution is 2.14. The maximum atomic E-state index is 3.73. The van der Waals surface area contributed by atoms with E-state index in [-0.39, 0.29) is 0 Å². The van der Waals surface area contributed by atoms with Gasteiger partial charge in [-0.05, 0) is 24.7 Å². The van der Waals surface area contributed by atoms with Gasteiger partial charge in [-0.25, -0.2) is 0 Å². The van der Waals surface area contributed by atoms with Crippen LogP contribution in [-0.4, -0.2) is 48.6 Å². The van der Waals surface area contributed by atoms with Crippen LogP contribution in [0.1, 0.15) is 18.9 Å². The van der Waals surface area contributed by atoms with Crippen LogP contribution in [0.25, 0.3) is 0 Å². The molecule has 19 heavy (non-hydrogen) atoms. The number of benzene rings is 1. The molecule has 2 nitrogen and oxygen atoms in total. The Morgan fingerprint density at radius 1 is 1.32 bits per heavy atom. The lowest BCUT2D eigenvalue weighted by molar-refractivity contribution is 0.134. The molecular formula is C16H26N2S. The Hall–Kier alpha value is -0.510. The van der Waals surface area contributed by atoms with Gasteiger partial charge in [-0.3, -0.25) is 4.90 Å². The summed E-state index contributed by atoms with van der Waals surface area (Å²) >= 11 is 1.95. The van der Waals surface area contributed by atoms with Crippen molar-refractivity contribution >= 4 is 11.8 Å². The van der Waals surface area contributed by atoms with Gasteiger partial charge in [0, 0.05) is 37.5 Å². The standard InChI is InChI=1S/C16H26N2S/c1-3-16-12-17-15(13-18(16)9-10-19-2)11-14-7-5-4-6-8-14/h4-8,15-17H,3,9-13H2,1-2H3. The summed E-state index contributed by atoms with van der Waals surface area (Å²) in [5, 5.41) is 3.73. The molecule has 1 aromatic rings. The molecule has 0 aromatic heterocycles. The minimum Gasteiger partial charge on any atom is -0.311 e. The predicted octanol–water partition coefficient (Wildman–Crippen LogP) is 2.64. The van der Waals surface area contributed by atoms with Crippen LogP contribution in [0.5, 0.6) is 0 Å². The van der Waals surface area contributed by atoms with Gasteiger partial charge >= 0.3 is 0 Å². The zero-order valence-corrected chi connectivity index (χ0v) is 13.0. The molecule has 2 atom stereocenters. The fourth-order valence-electron chi connectivity index (χ4n) is 2.85. The predicted molar refractivity (Wildman–Crippen MR) is 86.0 cm³/mol. The Morgan fingerprint density at radius 3 is 2.79 bits per heavy atom. The van der Waals surface area contributed by atoms with Gasteiger partial charge in [0.2, 0.25) is 0 Å². The summed E-state index contributed by atoms with van der Waals surface area (Å²) < 4.78 is 0. The Labute approximate surface area is 122 Å². The van der Waals surface area contributed by atoms with Crippen molar-refractivity contribution in [3.63, 3.8) is 0 Å². The summed E-state index contributed by atoms with van der Waals surface area (Å²) in [6.07, 6.45) is 4.59. The number of rotatable bonds is 6. The molecule has 0 spiro atoms. The van der Waals surface area contributed by atoms with Crippen molar-refractivity contribution < 1.29 is 0 Å². The van der Waals surface area contributed by atoms with E-state index >= 15 is 0 Å². The SMILES string of the molecule is CCC1CNC(Cc2ccccc2)CN1CCSC. The van der Waals surface area contributed by atoms with Gasteiger partial charge in [0.05, 0.1) is 0 Å². The van der Waals surface area contributed by atoms with E-state index in [4.69, 9.17) is 0 Å². The first kappa shape index (κ1) is 14.9. The topological polar surface area (TPSA) is 15.3 Å². The third kappa shape index (κ3) is 4.51. The van der Waals surface area contributed by atoms with Crippen molar-refractivity contribution in [3.05, 3.63) is 35.9 Å². The second-order valence-corrected chi connectivity index (χ2v) is 6.33. The van der Waals surface area contributed by atoms with Crippen LogP contribution >= 0.6 is 11.8 Å².